The van der Waals surface area contributed by atoms with Crippen molar-refractivity contribution in [2.45, 2.75) is 131 Å². The van der Waals surface area contributed by atoms with Crippen molar-refractivity contribution in [3.05, 3.63) is 0 Å². The van der Waals surface area contributed by atoms with E-state index in [4.69, 9.17) is 9.47 Å². The van der Waals surface area contributed by atoms with Gasteiger partial charge in [0.25, 0.3) is 0 Å². The lowest BCUT2D eigenvalue weighted by Crippen LogP contribution is -2.13. The van der Waals surface area contributed by atoms with Crippen LogP contribution in [0, 0.1) is 17.8 Å². The van der Waals surface area contributed by atoms with Gasteiger partial charge in [0.15, 0.2) is 0 Å². The Morgan fingerprint density at radius 2 is 1.06 bits per heavy atom. The standard InChI is InChI=1S/C27H52O4/c1-6-25(22-27(29)31-21-19-24(4)5)16-14-12-10-8-7-9-11-13-15-17-26(28)30-20-18-23(2)3/h23-25H,6-22H2,1-5H3. The van der Waals surface area contributed by atoms with Crippen LogP contribution >= 0.6 is 0 Å². The minimum atomic E-state index is -0.0325. The Morgan fingerprint density at radius 1 is 0.613 bits per heavy atom. The summed E-state index contributed by atoms with van der Waals surface area (Å²) in [6.45, 7) is 11.9. The lowest BCUT2D eigenvalue weighted by Gasteiger charge is -2.14. The summed E-state index contributed by atoms with van der Waals surface area (Å²) in [6.07, 6.45) is 16.2. The van der Waals surface area contributed by atoms with Crippen molar-refractivity contribution in [3.63, 3.8) is 0 Å². The number of hydrogen-bond donors (Lipinski definition) is 0. The van der Waals surface area contributed by atoms with Gasteiger partial charge in [-0.1, -0.05) is 92.4 Å². The molecule has 1 atom stereocenters. The quantitative estimate of drug-likeness (QED) is 0.135. The zero-order valence-electron chi connectivity index (χ0n) is 21.4. The molecule has 0 aromatic heterocycles. The number of carbonyl (C=O) groups is 2. The summed E-state index contributed by atoms with van der Waals surface area (Å²) in [4.78, 5) is 23.5. The molecular formula is C27H52O4. The average molecular weight is 441 g/mol. The van der Waals surface area contributed by atoms with Gasteiger partial charge in [0.1, 0.15) is 0 Å². The molecule has 0 radical (unpaired) electrons. The van der Waals surface area contributed by atoms with Gasteiger partial charge in [-0.3, -0.25) is 9.59 Å². The first-order chi connectivity index (χ1) is 14.8. The number of carbonyl (C=O) groups excluding carboxylic acids is 2. The second-order valence-electron chi connectivity index (χ2n) is 10.0. The van der Waals surface area contributed by atoms with Gasteiger partial charge in [-0.25, -0.2) is 0 Å². The summed E-state index contributed by atoms with van der Waals surface area (Å²) >= 11 is 0. The van der Waals surface area contributed by atoms with E-state index in [1.165, 1.54) is 44.9 Å². The normalized spacial score (nSPS) is 12.4. The molecule has 4 nitrogen and oxygen atoms in total. The number of esters is 2. The SMILES string of the molecule is CCC(CCCCCCCCCCCC(=O)OCCC(C)C)CC(=O)OCCC(C)C. The highest BCUT2D eigenvalue weighted by atomic mass is 16.5. The molecule has 1 unspecified atom stereocenters. The van der Waals surface area contributed by atoms with Crippen molar-refractivity contribution in [2.75, 3.05) is 13.2 Å². The zero-order chi connectivity index (χ0) is 23.3. The summed E-state index contributed by atoms with van der Waals surface area (Å²) in [7, 11) is 0. The Bertz CT molecular complexity index is 431. The highest BCUT2D eigenvalue weighted by molar-refractivity contribution is 5.69. The molecule has 0 saturated heterocycles. The van der Waals surface area contributed by atoms with Gasteiger partial charge in [0.2, 0.25) is 0 Å². The molecule has 0 rings (SSSR count). The number of hydrogen-bond acceptors (Lipinski definition) is 4. The Morgan fingerprint density at radius 3 is 1.55 bits per heavy atom. The van der Waals surface area contributed by atoms with Crippen molar-refractivity contribution in [2.24, 2.45) is 17.8 Å². The summed E-state index contributed by atoms with van der Waals surface area (Å²) < 4.78 is 10.6. The molecule has 0 fully saturated rings. The van der Waals surface area contributed by atoms with E-state index in [-0.39, 0.29) is 11.9 Å². The van der Waals surface area contributed by atoms with Crippen molar-refractivity contribution >= 4 is 11.9 Å². The van der Waals surface area contributed by atoms with E-state index in [0.29, 0.717) is 43.8 Å². The highest BCUT2D eigenvalue weighted by Gasteiger charge is 2.13. The highest BCUT2D eigenvalue weighted by Crippen LogP contribution is 2.19. The summed E-state index contributed by atoms with van der Waals surface area (Å²) in [5.41, 5.74) is 0. The molecule has 0 bridgehead atoms. The predicted octanol–water partition coefficient (Wildman–Crippen LogP) is 7.87. The molecular weight excluding hydrogens is 388 g/mol. The van der Waals surface area contributed by atoms with Crippen LogP contribution < -0.4 is 0 Å². The molecule has 31 heavy (non-hydrogen) atoms. The van der Waals surface area contributed by atoms with Crippen LogP contribution in [0.25, 0.3) is 0 Å². The second kappa shape index (κ2) is 20.8. The first-order valence-corrected chi connectivity index (χ1v) is 13.2. The smallest absolute Gasteiger partial charge is 0.306 e. The molecule has 4 heteroatoms. The fourth-order valence-corrected chi connectivity index (χ4v) is 3.57. The van der Waals surface area contributed by atoms with Crippen molar-refractivity contribution in [3.8, 4) is 0 Å². The van der Waals surface area contributed by atoms with E-state index in [2.05, 4.69) is 34.6 Å². The van der Waals surface area contributed by atoms with Gasteiger partial charge in [-0.2, -0.15) is 0 Å². The second-order valence-corrected chi connectivity index (χ2v) is 10.0. The third-order valence-corrected chi connectivity index (χ3v) is 5.94. The minimum absolute atomic E-state index is 0.0173. The van der Waals surface area contributed by atoms with Crippen molar-refractivity contribution in [1.29, 1.82) is 0 Å². The van der Waals surface area contributed by atoms with Crippen LogP contribution in [-0.4, -0.2) is 25.2 Å². The van der Waals surface area contributed by atoms with Crippen molar-refractivity contribution in [1.82, 2.24) is 0 Å². The average Bonchev–Trinajstić information content (AvgIpc) is 2.70. The van der Waals surface area contributed by atoms with Gasteiger partial charge < -0.3 is 9.47 Å². The van der Waals surface area contributed by atoms with E-state index in [9.17, 15) is 9.59 Å². The van der Waals surface area contributed by atoms with Gasteiger partial charge in [0.05, 0.1) is 13.2 Å². The van der Waals surface area contributed by atoms with Crippen LogP contribution in [0.1, 0.15) is 131 Å². The molecule has 184 valence electrons. The molecule has 0 heterocycles. The van der Waals surface area contributed by atoms with Crippen LogP contribution in [0.2, 0.25) is 0 Å². The first-order valence-electron chi connectivity index (χ1n) is 13.2. The maximum atomic E-state index is 11.9. The molecule has 0 aliphatic heterocycles. The number of unbranched alkanes of at least 4 members (excludes halogenated alkanes) is 8. The van der Waals surface area contributed by atoms with E-state index in [1.54, 1.807) is 0 Å². The molecule has 0 N–H and O–H groups in total. The van der Waals surface area contributed by atoms with Gasteiger partial charge in [-0.05, 0) is 43.4 Å². The summed E-state index contributed by atoms with van der Waals surface area (Å²) in [5.74, 6) is 1.59. The third-order valence-electron chi connectivity index (χ3n) is 5.94. The van der Waals surface area contributed by atoms with Gasteiger partial charge >= 0.3 is 11.9 Å². The number of rotatable bonds is 21. The topological polar surface area (TPSA) is 52.6 Å². The van der Waals surface area contributed by atoms with Crippen LogP contribution in [0.4, 0.5) is 0 Å². The number of ether oxygens (including phenoxy) is 2. The molecule has 0 aromatic rings. The maximum absolute atomic E-state index is 11.9. The van der Waals surface area contributed by atoms with E-state index >= 15 is 0 Å². The lowest BCUT2D eigenvalue weighted by molar-refractivity contribution is -0.145. The Balaban J connectivity index is 3.47. The Kier molecular flexibility index (Phi) is 20.1. The minimum Gasteiger partial charge on any atom is -0.466 e. The van der Waals surface area contributed by atoms with E-state index in [0.717, 1.165) is 38.5 Å². The van der Waals surface area contributed by atoms with Crippen LogP contribution in [0.15, 0.2) is 0 Å². The lowest BCUT2D eigenvalue weighted by atomic mass is 9.95. The molecule has 0 spiro atoms. The Hall–Kier alpha value is -1.06. The van der Waals surface area contributed by atoms with Crippen LogP contribution in [0.5, 0.6) is 0 Å². The Labute approximate surface area is 193 Å². The van der Waals surface area contributed by atoms with E-state index < -0.39 is 0 Å². The molecule has 0 aliphatic carbocycles. The zero-order valence-corrected chi connectivity index (χ0v) is 21.4. The molecule has 0 aromatic carbocycles. The van der Waals surface area contributed by atoms with Gasteiger partial charge in [0, 0.05) is 12.8 Å². The molecule has 0 aliphatic rings. The maximum Gasteiger partial charge on any atom is 0.306 e. The summed E-state index contributed by atoms with van der Waals surface area (Å²) in [6, 6.07) is 0. The monoisotopic (exact) mass is 440 g/mol. The van der Waals surface area contributed by atoms with Crippen LogP contribution in [0.3, 0.4) is 0 Å². The fraction of sp³-hybridized carbons (Fsp3) is 0.926. The predicted molar refractivity (Wildman–Crippen MR) is 130 cm³/mol. The van der Waals surface area contributed by atoms with Crippen LogP contribution in [-0.2, 0) is 19.1 Å². The first kappa shape index (κ1) is 29.9. The third kappa shape index (κ3) is 21.9. The van der Waals surface area contributed by atoms with Gasteiger partial charge in [-0.15, -0.1) is 0 Å². The molecule has 0 amide bonds. The largest absolute Gasteiger partial charge is 0.466 e. The van der Waals surface area contributed by atoms with Crippen molar-refractivity contribution < 1.29 is 19.1 Å². The van der Waals surface area contributed by atoms with E-state index in [1.807, 2.05) is 0 Å². The summed E-state index contributed by atoms with van der Waals surface area (Å²) in [5, 5.41) is 0. The molecule has 0 saturated carbocycles. The fourth-order valence-electron chi connectivity index (χ4n) is 3.57.